The van der Waals surface area contributed by atoms with Crippen LogP contribution in [0.25, 0.3) is 0 Å². The van der Waals surface area contributed by atoms with E-state index < -0.39 is 17.4 Å². The molecule has 1 saturated carbocycles. The number of carboxylic acid groups (broad SMARTS) is 1. The van der Waals surface area contributed by atoms with Crippen molar-refractivity contribution in [3.8, 4) is 0 Å². The Morgan fingerprint density at radius 2 is 2.08 bits per heavy atom. The molecule has 4 heteroatoms. The molecular formula is C9H14O4. The van der Waals surface area contributed by atoms with E-state index in [9.17, 15) is 9.59 Å². The van der Waals surface area contributed by atoms with Gasteiger partial charge in [0.1, 0.15) is 0 Å². The van der Waals surface area contributed by atoms with Crippen LogP contribution >= 0.6 is 0 Å². The van der Waals surface area contributed by atoms with Crippen LogP contribution in [0.2, 0.25) is 0 Å². The molecule has 1 fully saturated rings. The van der Waals surface area contributed by atoms with Gasteiger partial charge in [-0.1, -0.05) is 6.92 Å². The van der Waals surface area contributed by atoms with Gasteiger partial charge < -0.3 is 9.84 Å². The zero-order chi connectivity index (χ0) is 10.1. The van der Waals surface area contributed by atoms with Crippen molar-refractivity contribution in [2.24, 2.45) is 11.3 Å². The van der Waals surface area contributed by atoms with Gasteiger partial charge in [-0.15, -0.1) is 0 Å². The van der Waals surface area contributed by atoms with Crippen LogP contribution < -0.4 is 0 Å². The van der Waals surface area contributed by atoms with Gasteiger partial charge in [-0.25, -0.2) is 0 Å². The van der Waals surface area contributed by atoms with Crippen molar-refractivity contribution >= 4 is 11.9 Å². The monoisotopic (exact) mass is 186 g/mol. The number of carbonyl (C=O) groups is 2. The van der Waals surface area contributed by atoms with Crippen molar-refractivity contribution in [1.29, 1.82) is 0 Å². The van der Waals surface area contributed by atoms with Crippen molar-refractivity contribution in [3.63, 3.8) is 0 Å². The number of rotatable bonds is 3. The fourth-order valence-electron chi connectivity index (χ4n) is 1.83. The highest BCUT2D eigenvalue weighted by Gasteiger charge is 2.56. The van der Waals surface area contributed by atoms with Crippen molar-refractivity contribution in [2.45, 2.75) is 26.7 Å². The molecule has 0 saturated heterocycles. The Bertz CT molecular complexity index is 228. The first kappa shape index (κ1) is 10.0. The van der Waals surface area contributed by atoms with Gasteiger partial charge in [0.25, 0.3) is 0 Å². The molecule has 4 nitrogen and oxygen atoms in total. The van der Waals surface area contributed by atoms with E-state index in [0.717, 1.165) is 0 Å². The summed E-state index contributed by atoms with van der Waals surface area (Å²) in [6, 6.07) is 0. The third-order valence-electron chi connectivity index (χ3n) is 2.47. The maximum absolute atomic E-state index is 11.3. The first-order valence-electron chi connectivity index (χ1n) is 4.43. The van der Waals surface area contributed by atoms with Crippen LogP contribution in [-0.4, -0.2) is 23.7 Å². The second kappa shape index (κ2) is 3.36. The number of aliphatic carboxylic acids is 1. The first-order valence-corrected chi connectivity index (χ1v) is 4.43. The maximum atomic E-state index is 11.3. The second-order valence-electron chi connectivity index (χ2n) is 3.62. The van der Waals surface area contributed by atoms with Crippen molar-refractivity contribution in [1.82, 2.24) is 0 Å². The summed E-state index contributed by atoms with van der Waals surface area (Å²) < 4.78 is 4.74. The van der Waals surface area contributed by atoms with E-state index in [0.29, 0.717) is 18.8 Å². The number of hydrogen-bond acceptors (Lipinski definition) is 3. The van der Waals surface area contributed by atoms with E-state index in [-0.39, 0.29) is 6.61 Å². The molecule has 13 heavy (non-hydrogen) atoms. The van der Waals surface area contributed by atoms with Gasteiger partial charge in [-0.3, -0.25) is 9.59 Å². The second-order valence-corrected chi connectivity index (χ2v) is 3.62. The van der Waals surface area contributed by atoms with Gasteiger partial charge in [0, 0.05) is 0 Å². The lowest BCUT2D eigenvalue weighted by molar-refractivity contribution is -0.179. The van der Waals surface area contributed by atoms with Gasteiger partial charge >= 0.3 is 11.9 Å². The van der Waals surface area contributed by atoms with E-state index in [4.69, 9.17) is 9.84 Å². The maximum Gasteiger partial charge on any atom is 0.323 e. The summed E-state index contributed by atoms with van der Waals surface area (Å²) in [5.74, 6) is -1.33. The molecule has 0 unspecified atom stereocenters. The van der Waals surface area contributed by atoms with Crippen LogP contribution in [0.3, 0.4) is 0 Å². The quantitative estimate of drug-likeness (QED) is 0.528. The highest BCUT2D eigenvalue weighted by atomic mass is 16.5. The van der Waals surface area contributed by atoms with Crippen LogP contribution in [0.15, 0.2) is 0 Å². The number of ether oxygens (including phenoxy) is 1. The summed E-state index contributed by atoms with van der Waals surface area (Å²) in [6.07, 6.45) is 0.808. The smallest absolute Gasteiger partial charge is 0.323 e. The number of carboxylic acids is 1. The van der Waals surface area contributed by atoms with E-state index in [1.165, 1.54) is 0 Å². The summed E-state index contributed by atoms with van der Waals surface area (Å²) in [4.78, 5) is 22.2. The largest absolute Gasteiger partial charge is 0.480 e. The van der Waals surface area contributed by atoms with E-state index in [1.54, 1.807) is 6.92 Å². The lowest BCUT2D eigenvalue weighted by Gasteiger charge is -2.40. The molecule has 0 heterocycles. The summed E-state index contributed by atoms with van der Waals surface area (Å²) >= 11 is 0. The molecule has 0 aromatic rings. The third kappa shape index (κ3) is 1.53. The first-order chi connectivity index (χ1) is 6.03. The van der Waals surface area contributed by atoms with Crippen molar-refractivity contribution in [3.05, 3.63) is 0 Å². The van der Waals surface area contributed by atoms with Gasteiger partial charge in [-0.05, 0) is 25.7 Å². The normalized spacial score (nSPS) is 32.0. The molecule has 0 amide bonds. The van der Waals surface area contributed by atoms with Crippen LogP contribution in [0, 0.1) is 11.3 Å². The van der Waals surface area contributed by atoms with Gasteiger partial charge in [0.2, 0.25) is 0 Å². The molecule has 0 radical (unpaired) electrons. The Labute approximate surface area is 76.9 Å². The van der Waals surface area contributed by atoms with Crippen LogP contribution in [0.4, 0.5) is 0 Å². The number of carbonyl (C=O) groups excluding carboxylic acids is 1. The molecule has 1 aliphatic carbocycles. The average molecular weight is 186 g/mol. The molecule has 1 N–H and O–H groups in total. The molecule has 0 aromatic heterocycles. The van der Waals surface area contributed by atoms with Crippen LogP contribution in [-0.2, 0) is 14.3 Å². The number of hydrogen-bond donors (Lipinski definition) is 1. The van der Waals surface area contributed by atoms with E-state index >= 15 is 0 Å². The lowest BCUT2D eigenvalue weighted by Crippen LogP contribution is -2.50. The highest BCUT2D eigenvalue weighted by molar-refractivity contribution is 6.00. The average Bonchev–Trinajstić information content (AvgIpc) is 1.98. The third-order valence-corrected chi connectivity index (χ3v) is 2.47. The Morgan fingerprint density at radius 1 is 1.54 bits per heavy atom. The fraction of sp³-hybridized carbons (Fsp3) is 0.778. The van der Waals surface area contributed by atoms with Crippen LogP contribution in [0.5, 0.6) is 0 Å². The van der Waals surface area contributed by atoms with Gasteiger partial charge in [0.15, 0.2) is 5.41 Å². The highest BCUT2D eigenvalue weighted by Crippen LogP contribution is 2.46. The van der Waals surface area contributed by atoms with Gasteiger partial charge in [0.05, 0.1) is 6.61 Å². The molecule has 0 aromatic carbocycles. The summed E-state index contributed by atoms with van der Waals surface area (Å²) in [6.45, 7) is 3.85. The Hall–Kier alpha value is -1.06. The predicted molar refractivity (Wildman–Crippen MR) is 45.1 cm³/mol. The predicted octanol–water partition coefficient (Wildman–Crippen LogP) is 1.05. The molecule has 0 atom stereocenters. The molecule has 0 aliphatic heterocycles. The van der Waals surface area contributed by atoms with Crippen molar-refractivity contribution < 1.29 is 19.4 Å². The Balaban J connectivity index is 2.70. The lowest BCUT2D eigenvalue weighted by atomic mass is 9.62. The van der Waals surface area contributed by atoms with E-state index in [2.05, 4.69) is 0 Å². The van der Waals surface area contributed by atoms with E-state index in [1.807, 2.05) is 6.92 Å². The minimum Gasteiger partial charge on any atom is -0.480 e. The molecule has 1 rings (SSSR count). The molecule has 0 bridgehead atoms. The van der Waals surface area contributed by atoms with Crippen LogP contribution in [0.1, 0.15) is 26.7 Å². The fourth-order valence-corrected chi connectivity index (χ4v) is 1.83. The summed E-state index contributed by atoms with van der Waals surface area (Å²) in [5, 5.41) is 8.90. The Kier molecular flexibility index (Phi) is 2.59. The van der Waals surface area contributed by atoms with Gasteiger partial charge in [-0.2, -0.15) is 0 Å². The molecule has 74 valence electrons. The summed E-state index contributed by atoms with van der Waals surface area (Å²) in [7, 11) is 0. The minimum atomic E-state index is -1.24. The zero-order valence-corrected chi connectivity index (χ0v) is 7.87. The molecule has 1 aliphatic rings. The molecule has 0 spiro atoms. The zero-order valence-electron chi connectivity index (χ0n) is 7.87. The Morgan fingerprint density at radius 3 is 2.38 bits per heavy atom. The minimum absolute atomic E-state index is 0.238. The standard InChI is InChI=1S/C9H14O4/c1-3-13-8(12)9(7(10)11)4-6(2)5-9/h6H,3-5H2,1-2H3,(H,10,11)/t6-,9-. The number of esters is 1. The topological polar surface area (TPSA) is 63.6 Å². The molecular weight excluding hydrogens is 172 g/mol. The summed E-state index contributed by atoms with van der Waals surface area (Å²) in [5.41, 5.74) is -1.24. The van der Waals surface area contributed by atoms with Crippen molar-refractivity contribution in [2.75, 3.05) is 6.61 Å². The SMILES string of the molecule is CCOC(=O)[C@]1(C(=O)O)C[C@@H](C)C1.